The first-order valence-corrected chi connectivity index (χ1v) is 2.54. The molecule has 0 unspecified atom stereocenters. The first-order chi connectivity index (χ1) is 2.00. The van der Waals surface area contributed by atoms with Crippen LogP contribution in [0.1, 0.15) is 0 Å². The van der Waals surface area contributed by atoms with Crippen LogP contribution in [0, 0.1) is 0 Å². The minimum atomic E-state index is -5.62. The van der Waals surface area contributed by atoms with Gasteiger partial charge in [-0.3, -0.25) is 0 Å². The quantitative estimate of drug-likeness (QED) is 0.355. The third kappa shape index (κ3) is 70.2. The van der Waals surface area contributed by atoms with Gasteiger partial charge in [0.05, 0.1) is 0 Å². The van der Waals surface area contributed by atoms with Crippen LogP contribution in [0.5, 0.6) is 0 Å². The van der Waals surface area contributed by atoms with E-state index >= 15 is 0 Å². The van der Waals surface area contributed by atoms with E-state index in [1.165, 1.54) is 0 Å². The van der Waals surface area contributed by atoms with Crippen molar-refractivity contribution in [2.75, 3.05) is 0 Å². The second-order valence-corrected chi connectivity index (χ2v) is 1.56. The molecule has 38 valence electrons. The summed E-state index contributed by atoms with van der Waals surface area (Å²) in [6.45, 7) is 0. The van der Waals surface area contributed by atoms with Gasteiger partial charge in [0.25, 0.3) is 0 Å². The summed E-state index contributed by atoms with van der Waals surface area (Å²) < 4.78 is 34.3. The average molecular weight is 188 g/mol. The van der Waals surface area contributed by atoms with Crippen molar-refractivity contribution in [3.05, 3.63) is 0 Å². The first kappa shape index (κ1) is 16.0. The van der Waals surface area contributed by atoms with Crippen molar-refractivity contribution in [1.82, 2.24) is 0 Å². The van der Waals surface area contributed by atoms with Crippen LogP contribution in [-0.4, -0.2) is 17.4 Å². The summed E-state index contributed by atoms with van der Waals surface area (Å²) in [6, 6.07) is 0. The topological polar surface area (TPSA) is 74.3 Å². The fourth-order valence-corrected chi connectivity index (χ4v) is 0. The summed E-state index contributed by atoms with van der Waals surface area (Å²) in [5.41, 5.74) is 0. The molecule has 7 heavy (non-hydrogen) atoms. The van der Waals surface area contributed by atoms with E-state index < -0.39 is 13.0 Å². The molecule has 0 aromatic carbocycles. The molecule has 0 fully saturated rings. The predicted octanol–water partition coefficient (Wildman–Crippen LogP) is -5.73. The van der Waals surface area contributed by atoms with Crippen LogP contribution >= 0.6 is 0 Å². The van der Waals surface area contributed by atoms with Crippen LogP contribution in [0.15, 0.2) is 0 Å². The van der Waals surface area contributed by atoms with Crippen molar-refractivity contribution in [3.8, 4) is 0 Å². The third-order valence-corrected chi connectivity index (χ3v) is 0. The summed E-state index contributed by atoms with van der Waals surface area (Å²) in [5.74, 6) is 0. The van der Waals surface area contributed by atoms with Crippen molar-refractivity contribution in [2.45, 2.75) is 0 Å². The molecule has 0 aromatic rings. The normalized spacial score (nSPS) is 8.14. The maximum absolute atomic E-state index is 8.58. The Balaban J connectivity index is -0.0000000800. The summed E-state index contributed by atoms with van der Waals surface area (Å²) in [5, 5.41) is 0. The van der Waals surface area contributed by atoms with Gasteiger partial charge in [0.15, 0.2) is 17.4 Å². The molecule has 7 heteroatoms. The van der Waals surface area contributed by atoms with E-state index in [4.69, 9.17) is 15.7 Å². The zero-order valence-corrected chi connectivity index (χ0v) is 7.31. The van der Waals surface area contributed by atoms with Gasteiger partial charge >= 0.3 is 80.0 Å². The van der Waals surface area contributed by atoms with Gasteiger partial charge in [-0.15, -0.1) is 0 Å². The van der Waals surface area contributed by atoms with Crippen molar-refractivity contribution >= 4 is 17.4 Å². The second-order valence-electron chi connectivity index (χ2n) is 0.378. The van der Waals surface area contributed by atoms with Crippen molar-refractivity contribution in [2.24, 2.45) is 0 Å². The fraction of sp³-hybridized carbons (Fsp3) is 0. The zero-order chi connectivity index (χ0) is 4.50. The Morgan fingerprint density at radius 3 is 1.14 bits per heavy atom. The number of hydrogen-bond acceptors (Lipinski definition) is 4. The van der Waals surface area contributed by atoms with Crippen LogP contribution < -0.4 is 55.6 Å². The maximum atomic E-state index is 8.58. The van der Waals surface area contributed by atoms with Crippen LogP contribution in [0.4, 0.5) is 0 Å². The summed E-state index contributed by atoms with van der Waals surface area (Å²) in [7, 11) is 0. The molecule has 0 heterocycles. The molecule has 0 amide bonds. The van der Waals surface area contributed by atoms with Crippen LogP contribution in [0.2, 0.25) is 0 Å². The molecular formula is H3AlKMnO4. The van der Waals surface area contributed by atoms with Crippen LogP contribution in [0.25, 0.3) is 0 Å². The SMILES string of the molecule is [AlH3].[K+].[O]=[Mn](=[O])(=[O])[O-]. The van der Waals surface area contributed by atoms with E-state index in [1.54, 1.807) is 0 Å². The molecule has 0 N–H and O–H groups in total. The van der Waals surface area contributed by atoms with Crippen molar-refractivity contribution in [3.63, 3.8) is 0 Å². The van der Waals surface area contributed by atoms with Gasteiger partial charge in [-0.25, -0.2) is 0 Å². The Hall–Kier alpha value is 2.05. The Kier molecular flexibility index (Phi) is 14.1. The summed E-state index contributed by atoms with van der Waals surface area (Å²) >= 11 is -5.62. The Morgan fingerprint density at radius 2 is 1.14 bits per heavy atom. The molecule has 0 aliphatic rings. The Bertz CT molecular complexity index is 133. The Labute approximate surface area is 95.4 Å². The number of hydrogen-bond donors (Lipinski definition) is 0. The van der Waals surface area contributed by atoms with E-state index in [2.05, 4.69) is 0 Å². The minimum absolute atomic E-state index is 0. The molecular weight excluding hydrogens is 185 g/mol. The van der Waals surface area contributed by atoms with E-state index in [0.717, 1.165) is 0 Å². The van der Waals surface area contributed by atoms with Crippen LogP contribution in [-0.2, 0) is 24.5 Å². The molecule has 0 spiro atoms. The van der Waals surface area contributed by atoms with Gasteiger partial charge < -0.3 is 0 Å². The number of rotatable bonds is 0. The van der Waals surface area contributed by atoms with Gasteiger partial charge in [-0.2, -0.15) is 0 Å². The first-order valence-electron chi connectivity index (χ1n) is 0.617. The van der Waals surface area contributed by atoms with Gasteiger partial charge in [-0.1, -0.05) is 0 Å². The Morgan fingerprint density at radius 1 is 1.14 bits per heavy atom. The van der Waals surface area contributed by atoms with E-state index in [9.17, 15) is 0 Å². The van der Waals surface area contributed by atoms with E-state index in [1.807, 2.05) is 0 Å². The van der Waals surface area contributed by atoms with Gasteiger partial charge in [0.2, 0.25) is 0 Å². The molecule has 0 atom stereocenters. The average Bonchev–Trinajstić information content (AvgIpc) is 0.722. The summed E-state index contributed by atoms with van der Waals surface area (Å²) in [4.78, 5) is 0. The second kappa shape index (κ2) is 6.17. The van der Waals surface area contributed by atoms with Crippen molar-refractivity contribution in [1.29, 1.82) is 0 Å². The molecule has 0 saturated carbocycles. The molecule has 0 bridgehead atoms. The third-order valence-electron chi connectivity index (χ3n) is 0. The zero-order valence-electron chi connectivity index (χ0n) is 3.01. The standard InChI is InChI=1S/Al.K.Mn.4O.3H/q;+1;;;;;-1;;;. The van der Waals surface area contributed by atoms with E-state index in [-0.39, 0.29) is 68.7 Å². The van der Waals surface area contributed by atoms with Gasteiger partial charge in [-0.05, 0) is 0 Å². The molecule has 0 saturated heterocycles. The van der Waals surface area contributed by atoms with E-state index in [0.29, 0.717) is 0 Å². The van der Waals surface area contributed by atoms with Crippen molar-refractivity contribution < 1.29 is 80.0 Å². The molecule has 4 nitrogen and oxygen atoms in total. The molecule has 0 aromatic heterocycles. The van der Waals surface area contributed by atoms with Gasteiger partial charge in [0.1, 0.15) is 0 Å². The van der Waals surface area contributed by atoms with Crippen LogP contribution in [0.3, 0.4) is 0 Å². The predicted molar refractivity (Wildman–Crippen MR) is 12.0 cm³/mol. The fourth-order valence-electron chi connectivity index (χ4n) is 0. The monoisotopic (exact) mass is 188 g/mol. The molecule has 0 aliphatic heterocycles. The molecule has 0 aliphatic carbocycles. The molecule has 0 rings (SSSR count). The molecule has 0 radical (unpaired) electrons. The summed E-state index contributed by atoms with van der Waals surface area (Å²) in [6.07, 6.45) is 0. The van der Waals surface area contributed by atoms with Gasteiger partial charge in [0, 0.05) is 0 Å².